The first-order valence-corrected chi connectivity index (χ1v) is 8.20. The van der Waals surface area contributed by atoms with Crippen molar-refractivity contribution in [2.45, 2.75) is 13.0 Å². The molecule has 0 aliphatic carbocycles. The van der Waals surface area contributed by atoms with Crippen LogP contribution in [0.5, 0.6) is 0 Å². The normalized spacial score (nSPS) is 12.1. The number of halogens is 1. The lowest BCUT2D eigenvalue weighted by Gasteiger charge is -2.15. The number of hydrogen-bond acceptors (Lipinski definition) is 5. The highest BCUT2D eigenvalue weighted by atomic mass is 79.9. The molecule has 0 bridgehead atoms. The summed E-state index contributed by atoms with van der Waals surface area (Å²) in [6.45, 7) is 1.95. The molecule has 0 fully saturated rings. The van der Waals surface area contributed by atoms with E-state index in [1.165, 1.54) is 22.3 Å². The molecule has 0 radical (unpaired) electrons. The molecular formula is C14H12BrN5OS. The van der Waals surface area contributed by atoms with E-state index in [2.05, 4.69) is 36.8 Å². The van der Waals surface area contributed by atoms with Gasteiger partial charge in [0.25, 0.3) is 5.91 Å². The van der Waals surface area contributed by atoms with Crippen molar-refractivity contribution in [3.63, 3.8) is 0 Å². The number of carbonyl (C=O) groups is 1. The Hall–Kier alpha value is -2.06. The number of tetrazole rings is 1. The third-order valence-corrected chi connectivity index (χ3v) is 4.79. The van der Waals surface area contributed by atoms with Crippen LogP contribution >= 0.6 is 27.3 Å². The Morgan fingerprint density at radius 2 is 2.18 bits per heavy atom. The standard InChI is InChI=1S/C14H12BrN5OS/c1-9(10-4-2-3-5-11(10)15)17-14(21)13-12(6-7-22-13)20-8-16-18-19-20/h2-9H,1H3,(H,17,21). The first kappa shape index (κ1) is 14.9. The topological polar surface area (TPSA) is 72.7 Å². The van der Waals surface area contributed by atoms with Gasteiger partial charge in [0.2, 0.25) is 0 Å². The molecule has 3 rings (SSSR count). The quantitative estimate of drug-likeness (QED) is 0.758. The summed E-state index contributed by atoms with van der Waals surface area (Å²) < 4.78 is 2.45. The second-order valence-corrected chi connectivity index (χ2v) is 6.38. The predicted octanol–water partition coefficient (Wildman–Crippen LogP) is 2.98. The van der Waals surface area contributed by atoms with Gasteiger partial charge < -0.3 is 5.32 Å². The van der Waals surface area contributed by atoms with Crippen LogP contribution < -0.4 is 5.32 Å². The Kier molecular flexibility index (Phi) is 4.30. The van der Waals surface area contributed by atoms with Crippen molar-refractivity contribution in [1.29, 1.82) is 0 Å². The average molecular weight is 378 g/mol. The number of benzene rings is 1. The molecule has 1 atom stereocenters. The molecule has 22 heavy (non-hydrogen) atoms. The van der Waals surface area contributed by atoms with E-state index in [-0.39, 0.29) is 11.9 Å². The summed E-state index contributed by atoms with van der Waals surface area (Å²) in [5.41, 5.74) is 1.70. The fourth-order valence-corrected chi connectivity index (χ4v) is 3.50. The van der Waals surface area contributed by atoms with E-state index < -0.39 is 0 Å². The Morgan fingerprint density at radius 3 is 2.91 bits per heavy atom. The van der Waals surface area contributed by atoms with Crippen molar-refractivity contribution < 1.29 is 4.79 Å². The molecule has 2 aromatic heterocycles. The monoisotopic (exact) mass is 377 g/mol. The summed E-state index contributed by atoms with van der Waals surface area (Å²) in [6, 6.07) is 9.52. The van der Waals surface area contributed by atoms with Gasteiger partial charge in [0.15, 0.2) is 0 Å². The number of rotatable bonds is 4. The van der Waals surface area contributed by atoms with Gasteiger partial charge in [-0.2, -0.15) is 4.68 Å². The summed E-state index contributed by atoms with van der Waals surface area (Å²) in [5, 5.41) is 15.9. The van der Waals surface area contributed by atoms with Gasteiger partial charge in [-0.15, -0.1) is 16.4 Å². The van der Waals surface area contributed by atoms with Crippen LogP contribution in [0.4, 0.5) is 0 Å². The minimum Gasteiger partial charge on any atom is -0.345 e. The lowest BCUT2D eigenvalue weighted by atomic mass is 10.1. The number of nitrogens with one attached hydrogen (secondary N) is 1. The first-order valence-electron chi connectivity index (χ1n) is 6.53. The van der Waals surface area contributed by atoms with Gasteiger partial charge in [0.05, 0.1) is 11.7 Å². The van der Waals surface area contributed by atoms with Gasteiger partial charge in [-0.25, -0.2) is 0 Å². The van der Waals surface area contributed by atoms with Crippen molar-refractivity contribution in [2.24, 2.45) is 0 Å². The molecule has 1 N–H and O–H groups in total. The number of carbonyl (C=O) groups excluding carboxylic acids is 1. The Bertz CT molecular complexity index is 786. The average Bonchev–Trinajstić information content (AvgIpc) is 3.18. The van der Waals surface area contributed by atoms with Gasteiger partial charge in [-0.1, -0.05) is 34.1 Å². The third kappa shape index (κ3) is 2.93. The van der Waals surface area contributed by atoms with E-state index in [0.29, 0.717) is 10.6 Å². The van der Waals surface area contributed by atoms with E-state index in [0.717, 1.165) is 10.0 Å². The molecule has 1 unspecified atom stereocenters. The fourth-order valence-electron chi connectivity index (χ4n) is 2.09. The first-order chi connectivity index (χ1) is 10.7. The molecule has 3 aromatic rings. The number of nitrogens with zero attached hydrogens (tertiary/aromatic N) is 4. The van der Waals surface area contributed by atoms with Gasteiger partial charge in [-0.3, -0.25) is 4.79 Å². The van der Waals surface area contributed by atoms with Crippen LogP contribution in [0.1, 0.15) is 28.2 Å². The van der Waals surface area contributed by atoms with E-state index in [4.69, 9.17) is 0 Å². The third-order valence-electron chi connectivity index (χ3n) is 3.17. The largest absolute Gasteiger partial charge is 0.345 e. The highest BCUT2D eigenvalue weighted by Crippen LogP contribution is 2.25. The molecule has 112 valence electrons. The molecular weight excluding hydrogens is 366 g/mol. The Balaban J connectivity index is 1.81. The van der Waals surface area contributed by atoms with E-state index >= 15 is 0 Å². The number of amides is 1. The van der Waals surface area contributed by atoms with Crippen molar-refractivity contribution in [3.8, 4) is 5.69 Å². The van der Waals surface area contributed by atoms with Crippen molar-refractivity contribution in [3.05, 3.63) is 57.0 Å². The molecule has 0 spiro atoms. The second-order valence-electron chi connectivity index (χ2n) is 4.61. The molecule has 1 amide bonds. The van der Waals surface area contributed by atoms with Crippen molar-refractivity contribution in [2.75, 3.05) is 0 Å². The zero-order valence-electron chi connectivity index (χ0n) is 11.6. The van der Waals surface area contributed by atoms with Gasteiger partial charge in [0, 0.05) is 4.47 Å². The molecule has 1 aromatic carbocycles. The number of hydrogen-bond donors (Lipinski definition) is 1. The highest BCUT2D eigenvalue weighted by molar-refractivity contribution is 9.10. The van der Waals surface area contributed by atoms with Gasteiger partial charge >= 0.3 is 0 Å². The molecule has 0 aliphatic heterocycles. The van der Waals surface area contributed by atoms with Crippen LogP contribution in [0, 0.1) is 0 Å². The maximum atomic E-state index is 12.5. The van der Waals surface area contributed by atoms with Crippen LogP contribution in [-0.4, -0.2) is 26.1 Å². The summed E-state index contributed by atoms with van der Waals surface area (Å²) in [6.07, 6.45) is 1.47. The van der Waals surface area contributed by atoms with E-state index in [1.54, 1.807) is 0 Å². The summed E-state index contributed by atoms with van der Waals surface area (Å²) in [4.78, 5) is 13.1. The molecule has 0 aliphatic rings. The van der Waals surface area contributed by atoms with E-state index in [9.17, 15) is 4.79 Å². The molecule has 8 heteroatoms. The molecule has 0 saturated carbocycles. The summed E-state index contributed by atoms with van der Waals surface area (Å²) in [7, 11) is 0. The highest BCUT2D eigenvalue weighted by Gasteiger charge is 2.18. The smallest absolute Gasteiger partial charge is 0.264 e. The Morgan fingerprint density at radius 1 is 1.36 bits per heavy atom. The van der Waals surface area contributed by atoms with Crippen molar-refractivity contribution in [1.82, 2.24) is 25.5 Å². The lowest BCUT2D eigenvalue weighted by molar-refractivity contribution is 0.0944. The van der Waals surface area contributed by atoms with Gasteiger partial charge in [-0.05, 0) is 40.4 Å². The van der Waals surface area contributed by atoms with Crippen LogP contribution in [-0.2, 0) is 0 Å². The van der Waals surface area contributed by atoms with Crippen LogP contribution in [0.25, 0.3) is 5.69 Å². The van der Waals surface area contributed by atoms with Gasteiger partial charge in [0.1, 0.15) is 11.2 Å². The van der Waals surface area contributed by atoms with Crippen LogP contribution in [0.2, 0.25) is 0 Å². The second kappa shape index (κ2) is 6.37. The predicted molar refractivity (Wildman–Crippen MR) is 87.1 cm³/mol. The number of aromatic nitrogens is 4. The zero-order valence-corrected chi connectivity index (χ0v) is 14.0. The fraction of sp³-hybridized carbons (Fsp3) is 0.143. The van der Waals surface area contributed by atoms with E-state index in [1.807, 2.05) is 42.6 Å². The summed E-state index contributed by atoms with van der Waals surface area (Å²) >= 11 is 4.86. The lowest BCUT2D eigenvalue weighted by Crippen LogP contribution is -2.27. The maximum Gasteiger partial charge on any atom is 0.264 e. The summed E-state index contributed by atoms with van der Waals surface area (Å²) in [5.74, 6) is -0.149. The minimum absolute atomic E-state index is 0.119. The minimum atomic E-state index is -0.149. The molecule has 2 heterocycles. The van der Waals surface area contributed by atoms with Crippen molar-refractivity contribution >= 4 is 33.2 Å². The molecule has 6 nitrogen and oxygen atoms in total. The van der Waals surface area contributed by atoms with Crippen LogP contribution in [0.3, 0.4) is 0 Å². The number of thiophene rings is 1. The molecule has 0 saturated heterocycles. The van der Waals surface area contributed by atoms with Crippen LogP contribution in [0.15, 0.2) is 46.5 Å². The SMILES string of the molecule is CC(NC(=O)c1sccc1-n1cnnn1)c1ccccc1Br. The maximum absolute atomic E-state index is 12.5. The Labute approximate surface area is 139 Å². The zero-order chi connectivity index (χ0) is 15.5.